The maximum Gasteiger partial charge on any atom is 0.472 e. The molecule has 19 heteroatoms. The van der Waals surface area contributed by atoms with Crippen molar-refractivity contribution in [3.05, 3.63) is 0 Å². The minimum Gasteiger partial charge on any atom is -0.462 e. The van der Waals surface area contributed by atoms with E-state index in [0.29, 0.717) is 25.7 Å². The van der Waals surface area contributed by atoms with E-state index in [0.717, 1.165) is 89.9 Å². The summed E-state index contributed by atoms with van der Waals surface area (Å²) in [7, 11) is -9.92. The van der Waals surface area contributed by atoms with Gasteiger partial charge in [-0.3, -0.25) is 37.3 Å². The summed E-state index contributed by atoms with van der Waals surface area (Å²) in [6, 6.07) is 0. The summed E-state index contributed by atoms with van der Waals surface area (Å²) >= 11 is 0. The lowest BCUT2D eigenvalue weighted by Gasteiger charge is -2.21. The minimum absolute atomic E-state index is 0.109. The van der Waals surface area contributed by atoms with Gasteiger partial charge in [0.1, 0.15) is 19.3 Å². The van der Waals surface area contributed by atoms with E-state index in [4.69, 9.17) is 37.0 Å². The number of carbonyl (C=O) groups is 4. The number of hydrogen-bond acceptors (Lipinski definition) is 15. The van der Waals surface area contributed by atoms with Gasteiger partial charge in [-0.1, -0.05) is 400 Å². The second-order valence-electron chi connectivity index (χ2n) is 29.9. The van der Waals surface area contributed by atoms with Gasteiger partial charge < -0.3 is 33.8 Å². The Kier molecular flexibility index (Phi) is 75.8. The topological polar surface area (TPSA) is 237 Å². The van der Waals surface area contributed by atoms with Gasteiger partial charge in [0.2, 0.25) is 0 Å². The zero-order valence-electron chi connectivity index (χ0n) is 66.6. The van der Waals surface area contributed by atoms with Crippen molar-refractivity contribution >= 4 is 39.5 Å². The molecule has 0 aliphatic rings. The van der Waals surface area contributed by atoms with E-state index < -0.39 is 97.5 Å². The molecule has 0 aliphatic carbocycles. The maximum atomic E-state index is 13.1. The lowest BCUT2D eigenvalue weighted by Crippen LogP contribution is -2.30. The van der Waals surface area contributed by atoms with Crippen molar-refractivity contribution in [3.8, 4) is 0 Å². The molecule has 0 aromatic heterocycles. The Morgan fingerprint density at radius 2 is 0.392 bits per heavy atom. The largest absolute Gasteiger partial charge is 0.472 e. The normalized spacial score (nSPS) is 13.8. The van der Waals surface area contributed by atoms with Crippen LogP contribution in [0.3, 0.4) is 0 Å². The van der Waals surface area contributed by atoms with Crippen LogP contribution in [-0.2, 0) is 65.4 Å². The summed E-state index contributed by atoms with van der Waals surface area (Å²) in [6.07, 6.45) is 70.7. The average Bonchev–Trinajstić information content (AvgIpc) is 1.19. The molecular formula is C83H162O17P2. The van der Waals surface area contributed by atoms with E-state index in [2.05, 4.69) is 27.7 Å². The molecule has 0 saturated carbocycles. The lowest BCUT2D eigenvalue weighted by atomic mass is 10.0. The second kappa shape index (κ2) is 77.2. The minimum atomic E-state index is -4.96. The van der Waals surface area contributed by atoms with Gasteiger partial charge in [0.05, 0.1) is 26.4 Å². The van der Waals surface area contributed by atoms with Crippen LogP contribution < -0.4 is 0 Å². The SMILES string of the molecule is CCCCCCCCCCCCCCCCCCCCCCC(=O)O[C@H](COC(=O)CCCCCCCCCCCCCCCCCC)COP(=O)(O)OC[C@@H](O)COP(=O)(O)OC[C@@H](COC(=O)CCCCCCCCCCCC)OC(=O)CCCCCCCCCCCCCCCCCC. The molecule has 0 saturated heterocycles. The van der Waals surface area contributed by atoms with Crippen LogP contribution in [0.5, 0.6) is 0 Å². The van der Waals surface area contributed by atoms with Crippen molar-refractivity contribution in [3.63, 3.8) is 0 Å². The predicted molar refractivity (Wildman–Crippen MR) is 419 cm³/mol. The van der Waals surface area contributed by atoms with Crippen molar-refractivity contribution in [1.82, 2.24) is 0 Å². The van der Waals surface area contributed by atoms with E-state index in [1.165, 1.54) is 283 Å². The zero-order chi connectivity index (χ0) is 74.6. The van der Waals surface area contributed by atoms with E-state index in [-0.39, 0.29) is 25.7 Å². The number of hydrogen-bond donors (Lipinski definition) is 3. The summed E-state index contributed by atoms with van der Waals surface area (Å²) in [5.74, 6) is -2.10. The third-order valence-electron chi connectivity index (χ3n) is 19.6. The zero-order valence-corrected chi connectivity index (χ0v) is 68.4. The monoisotopic (exact) mass is 1490 g/mol. The first-order valence-electron chi connectivity index (χ1n) is 43.3. The molecule has 17 nitrogen and oxygen atoms in total. The van der Waals surface area contributed by atoms with Crippen LogP contribution in [0.4, 0.5) is 0 Å². The van der Waals surface area contributed by atoms with E-state index in [1.807, 2.05) is 0 Å². The Hall–Kier alpha value is -1.94. The van der Waals surface area contributed by atoms with Crippen LogP contribution in [0.15, 0.2) is 0 Å². The van der Waals surface area contributed by atoms with Crippen LogP contribution in [0, 0.1) is 0 Å². The molecule has 0 aromatic rings. The van der Waals surface area contributed by atoms with Crippen LogP contribution in [-0.4, -0.2) is 96.7 Å². The first-order chi connectivity index (χ1) is 49.7. The molecule has 0 radical (unpaired) electrons. The fraction of sp³-hybridized carbons (Fsp3) is 0.952. The summed E-state index contributed by atoms with van der Waals surface area (Å²) < 4.78 is 68.8. The summed E-state index contributed by atoms with van der Waals surface area (Å²) in [6.45, 7) is 5.04. The van der Waals surface area contributed by atoms with Gasteiger partial charge in [0, 0.05) is 25.7 Å². The molecule has 2 unspecified atom stereocenters. The molecule has 0 rings (SSSR count). The highest BCUT2D eigenvalue weighted by atomic mass is 31.2. The fourth-order valence-corrected chi connectivity index (χ4v) is 14.6. The summed E-state index contributed by atoms with van der Waals surface area (Å²) in [5, 5.41) is 10.7. The second-order valence-corrected chi connectivity index (χ2v) is 32.8. The van der Waals surface area contributed by atoms with Crippen LogP contribution in [0.1, 0.15) is 451 Å². The molecular weight excluding hydrogens is 1330 g/mol. The number of phosphoric ester groups is 2. The number of rotatable bonds is 84. The van der Waals surface area contributed by atoms with Crippen LogP contribution >= 0.6 is 15.6 Å². The number of aliphatic hydroxyl groups is 1. The predicted octanol–water partition coefficient (Wildman–Crippen LogP) is 25.4. The number of unbranched alkanes of at least 4 members (excludes halogenated alkanes) is 58. The number of aliphatic hydroxyl groups excluding tert-OH is 1. The third-order valence-corrected chi connectivity index (χ3v) is 21.5. The van der Waals surface area contributed by atoms with Gasteiger partial charge in [-0.25, -0.2) is 9.13 Å². The molecule has 0 bridgehead atoms. The summed E-state index contributed by atoms with van der Waals surface area (Å²) in [4.78, 5) is 73.1. The Morgan fingerprint density at radius 3 is 0.578 bits per heavy atom. The van der Waals surface area contributed by atoms with Crippen molar-refractivity contribution < 1.29 is 80.2 Å². The van der Waals surface area contributed by atoms with Crippen molar-refractivity contribution in [2.24, 2.45) is 0 Å². The Bertz CT molecular complexity index is 1930. The molecule has 606 valence electrons. The third kappa shape index (κ3) is 76.3. The first-order valence-corrected chi connectivity index (χ1v) is 46.3. The van der Waals surface area contributed by atoms with Gasteiger partial charge in [0.15, 0.2) is 12.2 Å². The standard InChI is InChI=1S/C83H162O17P2/c1-5-9-13-17-21-25-29-32-35-38-39-40-41-44-47-50-54-58-62-66-70-83(88)100-79(74-94-81(86)68-64-60-56-52-48-45-42-36-33-30-26-22-18-14-10-6-2)76-98-102(91,92)96-72-77(84)71-95-101(89,90)97-75-78(73-93-80(85)67-63-59-55-51-28-24-20-16-12-8-4)99-82(87)69-65-61-57-53-49-46-43-37-34-31-27-23-19-15-11-7-3/h77-79,84H,5-76H2,1-4H3,(H,89,90)(H,91,92)/t77-,78+,79+/m0/s1. The van der Waals surface area contributed by atoms with Crippen molar-refractivity contribution in [2.45, 2.75) is 470 Å². The van der Waals surface area contributed by atoms with Crippen LogP contribution in [0.25, 0.3) is 0 Å². The van der Waals surface area contributed by atoms with Gasteiger partial charge in [-0.15, -0.1) is 0 Å². The maximum absolute atomic E-state index is 13.1. The highest BCUT2D eigenvalue weighted by Gasteiger charge is 2.30. The molecule has 0 heterocycles. The molecule has 102 heavy (non-hydrogen) atoms. The Morgan fingerprint density at radius 1 is 0.235 bits per heavy atom. The molecule has 0 aromatic carbocycles. The van der Waals surface area contributed by atoms with Crippen molar-refractivity contribution in [2.75, 3.05) is 39.6 Å². The smallest absolute Gasteiger partial charge is 0.462 e. The van der Waals surface area contributed by atoms with Gasteiger partial charge >= 0.3 is 39.5 Å². The molecule has 5 atom stereocenters. The molecule has 0 aliphatic heterocycles. The fourth-order valence-electron chi connectivity index (χ4n) is 13.0. The number of esters is 4. The molecule has 3 N–H and O–H groups in total. The highest BCUT2D eigenvalue weighted by Crippen LogP contribution is 2.45. The number of phosphoric acid groups is 2. The molecule has 0 fully saturated rings. The first kappa shape index (κ1) is 100. The average molecular weight is 1490 g/mol. The van der Waals surface area contributed by atoms with E-state index >= 15 is 0 Å². The number of carbonyl (C=O) groups excluding carboxylic acids is 4. The van der Waals surface area contributed by atoms with Crippen molar-refractivity contribution in [1.29, 1.82) is 0 Å². The lowest BCUT2D eigenvalue weighted by molar-refractivity contribution is -0.161. The quantitative estimate of drug-likeness (QED) is 0.0222. The van der Waals surface area contributed by atoms with E-state index in [1.54, 1.807) is 0 Å². The van der Waals surface area contributed by atoms with Gasteiger partial charge in [0.25, 0.3) is 0 Å². The highest BCUT2D eigenvalue weighted by molar-refractivity contribution is 7.47. The van der Waals surface area contributed by atoms with Crippen LogP contribution in [0.2, 0.25) is 0 Å². The van der Waals surface area contributed by atoms with E-state index in [9.17, 15) is 43.2 Å². The molecule has 0 amide bonds. The number of ether oxygens (including phenoxy) is 4. The van der Waals surface area contributed by atoms with Gasteiger partial charge in [-0.05, 0) is 25.7 Å². The molecule has 0 spiro atoms. The Balaban J connectivity index is 5.22. The Labute approximate surface area is 626 Å². The summed E-state index contributed by atoms with van der Waals surface area (Å²) in [5.41, 5.74) is 0. The van der Waals surface area contributed by atoms with Gasteiger partial charge in [-0.2, -0.15) is 0 Å².